The summed E-state index contributed by atoms with van der Waals surface area (Å²) in [5.74, 6) is 0. The van der Waals surface area contributed by atoms with Gasteiger partial charge in [0.05, 0.1) is 0 Å². The van der Waals surface area contributed by atoms with E-state index in [2.05, 4.69) is 11.4 Å². The molecule has 0 bridgehead atoms. The summed E-state index contributed by atoms with van der Waals surface area (Å²) >= 11 is 0. The number of carbonyl (C=O) groups excluding carboxylic acids is 1. The normalized spacial score (nSPS) is 10.1. The van der Waals surface area contributed by atoms with Crippen LogP contribution < -0.4 is 10.2 Å². The van der Waals surface area contributed by atoms with Gasteiger partial charge in [-0.3, -0.25) is 4.90 Å². The molecule has 98 valence electrons. The van der Waals surface area contributed by atoms with Gasteiger partial charge in [0, 0.05) is 18.4 Å². The lowest BCUT2D eigenvalue weighted by atomic mass is 10.1. The Morgan fingerprint density at radius 2 is 1.58 bits per heavy atom. The number of hydrogen-bond donors (Lipinski definition) is 1. The molecule has 0 aliphatic heterocycles. The zero-order valence-corrected chi connectivity index (χ0v) is 11.5. The van der Waals surface area contributed by atoms with Gasteiger partial charge in [-0.2, -0.15) is 0 Å². The molecule has 19 heavy (non-hydrogen) atoms. The van der Waals surface area contributed by atoms with Gasteiger partial charge >= 0.3 is 6.03 Å². The van der Waals surface area contributed by atoms with Crippen LogP contribution in [-0.2, 0) is 0 Å². The summed E-state index contributed by atoms with van der Waals surface area (Å²) in [5.41, 5.74) is 3.96. The Balaban J connectivity index is 2.13. The molecule has 3 nitrogen and oxygen atoms in total. The first kappa shape index (κ1) is 13.1. The molecule has 0 fully saturated rings. The van der Waals surface area contributed by atoms with E-state index in [0.717, 1.165) is 22.5 Å². The van der Waals surface area contributed by atoms with Gasteiger partial charge in [0.15, 0.2) is 0 Å². The van der Waals surface area contributed by atoms with E-state index in [0.29, 0.717) is 0 Å². The lowest BCUT2D eigenvalue weighted by molar-refractivity contribution is 0.258. The number of amides is 2. The van der Waals surface area contributed by atoms with E-state index in [-0.39, 0.29) is 6.03 Å². The number of carbonyl (C=O) groups is 1. The Kier molecular flexibility index (Phi) is 3.85. The monoisotopic (exact) mass is 254 g/mol. The molecule has 1 N–H and O–H groups in total. The van der Waals surface area contributed by atoms with Crippen molar-refractivity contribution in [2.75, 3.05) is 17.3 Å². The zero-order valence-electron chi connectivity index (χ0n) is 11.5. The second-order valence-electron chi connectivity index (χ2n) is 4.70. The van der Waals surface area contributed by atoms with Gasteiger partial charge in [0.2, 0.25) is 0 Å². The molecule has 0 aliphatic carbocycles. The number of nitrogens with one attached hydrogen (secondary N) is 1. The Morgan fingerprint density at radius 1 is 1.00 bits per heavy atom. The number of hydrogen-bond acceptors (Lipinski definition) is 1. The van der Waals surface area contributed by atoms with Crippen molar-refractivity contribution in [2.45, 2.75) is 13.8 Å². The van der Waals surface area contributed by atoms with Crippen LogP contribution >= 0.6 is 0 Å². The van der Waals surface area contributed by atoms with Gasteiger partial charge in [-0.1, -0.05) is 24.3 Å². The zero-order chi connectivity index (χ0) is 13.8. The summed E-state index contributed by atoms with van der Waals surface area (Å²) in [7, 11) is 1.76. The van der Waals surface area contributed by atoms with Crippen LogP contribution in [0.2, 0.25) is 0 Å². The van der Waals surface area contributed by atoms with Gasteiger partial charge in [-0.15, -0.1) is 0 Å². The van der Waals surface area contributed by atoms with E-state index >= 15 is 0 Å². The molecular weight excluding hydrogens is 236 g/mol. The molecular formula is C16H18N2O. The maximum Gasteiger partial charge on any atom is 0.326 e. The Labute approximate surface area is 113 Å². The fourth-order valence-electron chi connectivity index (χ4n) is 2.02. The summed E-state index contributed by atoms with van der Waals surface area (Å²) in [6.07, 6.45) is 0. The molecule has 0 aliphatic rings. The van der Waals surface area contributed by atoms with Gasteiger partial charge in [0.25, 0.3) is 0 Å². The van der Waals surface area contributed by atoms with Crippen LogP contribution in [0.3, 0.4) is 0 Å². The first-order valence-electron chi connectivity index (χ1n) is 6.24. The molecule has 0 radical (unpaired) electrons. The van der Waals surface area contributed by atoms with Crippen molar-refractivity contribution < 1.29 is 4.79 Å². The molecule has 0 aromatic heterocycles. The lowest BCUT2D eigenvalue weighted by Gasteiger charge is -2.18. The van der Waals surface area contributed by atoms with Gasteiger partial charge in [-0.25, -0.2) is 4.79 Å². The second kappa shape index (κ2) is 5.57. The molecule has 2 aromatic carbocycles. The van der Waals surface area contributed by atoms with E-state index in [1.165, 1.54) is 0 Å². The smallest absolute Gasteiger partial charge is 0.308 e. The minimum atomic E-state index is -0.142. The van der Waals surface area contributed by atoms with Crippen LogP contribution in [0.25, 0.3) is 0 Å². The number of anilines is 2. The van der Waals surface area contributed by atoms with E-state index in [9.17, 15) is 4.79 Å². The SMILES string of the molecule is Cc1cc(C)cc(NC(=O)N(C)c2ccccc2)c1. The predicted octanol–water partition coefficient (Wildman–Crippen LogP) is 3.97. The molecule has 2 rings (SSSR count). The molecule has 2 amide bonds. The standard InChI is InChI=1S/C16H18N2O/c1-12-9-13(2)11-14(10-12)17-16(19)18(3)15-7-5-4-6-8-15/h4-11H,1-3H3,(H,17,19). The van der Waals surface area contributed by atoms with Crippen molar-refractivity contribution in [3.63, 3.8) is 0 Å². The van der Waals surface area contributed by atoms with Crippen LogP contribution in [-0.4, -0.2) is 13.1 Å². The lowest BCUT2D eigenvalue weighted by Crippen LogP contribution is -2.31. The Hall–Kier alpha value is -2.29. The Bertz CT molecular complexity index is 558. The first-order valence-corrected chi connectivity index (χ1v) is 6.24. The van der Waals surface area contributed by atoms with Crippen molar-refractivity contribution in [1.82, 2.24) is 0 Å². The third kappa shape index (κ3) is 3.35. The van der Waals surface area contributed by atoms with Crippen molar-refractivity contribution in [3.05, 3.63) is 59.7 Å². The van der Waals surface area contributed by atoms with Crippen LogP contribution in [0.15, 0.2) is 48.5 Å². The van der Waals surface area contributed by atoms with Crippen LogP contribution in [0.5, 0.6) is 0 Å². The third-order valence-electron chi connectivity index (χ3n) is 2.92. The topological polar surface area (TPSA) is 32.3 Å². The molecule has 0 saturated heterocycles. The first-order chi connectivity index (χ1) is 9.06. The van der Waals surface area contributed by atoms with Crippen molar-refractivity contribution in [2.24, 2.45) is 0 Å². The fourth-order valence-corrected chi connectivity index (χ4v) is 2.02. The van der Waals surface area contributed by atoms with Crippen molar-refractivity contribution in [3.8, 4) is 0 Å². The van der Waals surface area contributed by atoms with Gasteiger partial charge < -0.3 is 5.32 Å². The maximum atomic E-state index is 12.2. The number of urea groups is 1. The molecule has 0 heterocycles. The highest BCUT2D eigenvalue weighted by Gasteiger charge is 2.10. The van der Waals surface area contributed by atoms with Gasteiger partial charge in [0.1, 0.15) is 0 Å². The van der Waals surface area contributed by atoms with Crippen LogP contribution in [0.4, 0.5) is 16.2 Å². The Morgan fingerprint density at radius 3 is 2.16 bits per heavy atom. The van der Waals surface area contributed by atoms with Crippen molar-refractivity contribution >= 4 is 17.4 Å². The summed E-state index contributed by atoms with van der Waals surface area (Å²) in [6, 6.07) is 15.4. The predicted molar refractivity (Wildman–Crippen MR) is 79.8 cm³/mol. The minimum absolute atomic E-state index is 0.142. The summed E-state index contributed by atoms with van der Waals surface area (Å²) in [5, 5.41) is 2.91. The van der Waals surface area contributed by atoms with E-state index in [1.807, 2.05) is 56.3 Å². The largest absolute Gasteiger partial charge is 0.326 e. The summed E-state index contributed by atoms with van der Waals surface area (Å²) in [4.78, 5) is 13.7. The highest BCUT2D eigenvalue weighted by Crippen LogP contribution is 2.16. The second-order valence-corrected chi connectivity index (χ2v) is 4.70. The van der Waals surface area contributed by atoms with E-state index < -0.39 is 0 Å². The summed E-state index contributed by atoms with van der Waals surface area (Å²) < 4.78 is 0. The average Bonchev–Trinajstić information content (AvgIpc) is 2.37. The third-order valence-corrected chi connectivity index (χ3v) is 2.92. The minimum Gasteiger partial charge on any atom is -0.308 e. The molecule has 0 spiro atoms. The molecule has 0 unspecified atom stereocenters. The number of rotatable bonds is 2. The quantitative estimate of drug-likeness (QED) is 0.864. The van der Waals surface area contributed by atoms with Crippen molar-refractivity contribution in [1.29, 1.82) is 0 Å². The van der Waals surface area contributed by atoms with Gasteiger partial charge in [-0.05, 0) is 49.2 Å². The number of nitrogens with zero attached hydrogens (tertiary/aromatic N) is 1. The highest BCUT2D eigenvalue weighted by atomic mass is 16.2. The van der Waals surface area contributed by atoms with E-state index in [1.54, 1.807) is 11.9 Å². The molecule has 3 heteroatoms. The summed E-state index contributed by atoms with van der Waals surface area (Å²) in [6.45, 7) is 4.03. The number of benzene rings is 2. The fraction of sp³-hybridized carbons (Fsp3) is 0.188. The van der Waals surface area contributed by atoms with E-state index in [4.69, 9.17) is 0 Å². The van der Waals surface area contributed by atoms with Crippen LogP contribution in [0, 0.1) is 13.8 Å². The van der Waals surface area contributed by atoms with Crippen LogP contribution in [0.1, 0.15) is 11.1 Å². The molecule has 0 saturated carbocycles. The maximum absolute atomic E-state index is 12.2. The molecule has 0 atom stereocenters. The highest BCUT2D eigenvalue weighted by molar-refractivity contribution is 6.01. The molecule has 2 aromatic rings. The number of aryl methyl sites for hydroxylation is 2. The number of para-hydroxylation sites is 1. The average molecular weight is 254 g/mol.